The van der Waals surface area contributed by atoms with Crippen molar-refractivity contribution >= 4 is 11.6 Å². The molecule has 5 heteroatoms. The lowest BCUT2D eigenvalue weighted by Crippen LogP contribution is -2.27. The maximum atomic E-state index is 12.4. The summed E-state index contributed by atoms with van der Waals surface area (Å²) in [7, 11) is 1.79. The Morgan fingerprint density at radius 1 is 1.30 bits per heavy atom. The van der Waals surface area contributed by atoms with Gasteiger partial charge in [0.15, 0.2) is 0 Å². The Hall–Kier alpha value is -2.40. The van der Waals surface area contributed by atoms with Gasteiger partial charge in [-0.1, -0.05) is 0 Å². The predicted molar refractivity (Wildman–Crippen MR) is 79.0 cm³/mol. The van der Waals surface area contributed by atoms with Crippen LogP contribution < -0.4 is 11.3 Å². The maximum Gasteiger partial charge on any atom is 0.254 e. The first-order chi connectivity index (χ1) is 9.61. The molecule has 104 valence electrons. The van der Waals surface area contributed by atoms with E-state index in [0.717, 1.165) is 16.8 Å². The molecule has 0 atom stereocenters. The van der Waals surface area contributed by atoms with Gasteiger partial charge in [-0.05, 0) is 48.4 Å². The molecule has 0 spiro atoms. The van der Waals surface area contributed by atoms with Crippen molar-refractivity contribution in [2.75, 3.05) is 12.5 Å². The number of nitrogen functional groups attached to an aromatic ring is 1. The van der Waals surface area contributed by atoms with Crippen LogP contribution in [0.5, 0.6) is 0 Å². The van der Waals surface area contributed by atoms with Gasteiger partial charge in [-0.25, -0.2) is 0 Å². The lowest BCUT2D eigenvalue weighted by atomic mass is 10.1. The fourth-order valence-electron chi connectivity index (χ4n) is 2.03. The van der Waals surface area contributed by atoms with Crippen LogP contribution in [0.2, 0.25) is 0 Å². The van der Waals surface area contributed by atoms with Crippen molar-refractivity contribution in [3.63, 3.8) is 0 Å². The first kappa shape index (κ1) is 14.0. The molecule has 0 radical (unpaired) electrons. The topological polar surface area (TPSA) is 71.2 Å². The van der Waals surface area contributed by atoms with E-state index in [2.05, 4.69) is 10.4 Å². The van der Waals surface area contributed by atoms with Gasteiger partial charge in [0, 0.05) is 37.2 Å². The number of nitrogens with two attached hydrogens (primary N) is 1. The molecule has 3 N–H and O–H groups in total. The summed E-state index contributed by atoms with van der Waals surface area (Å²) in [6.07, 6.45) is 3.45. The molecular formula is C15H18N4O. The van der Waals surface area contributed by atoms with Crippen molar-refractivity contribution in [2.24, 2.45) is 5.84 Å². The molecule has 0 bridgehead atoms. The van der Waals surface area contributed by atoms with Gasteiger partial charge in [0.1, 0.15) is 0 Å². The molecule has 5 nitrogen and oxygen atoms in total. The second-order valence-electron chi connectivity index (χ2n) is 4.69. The Labute approximate surface area is 118 Å². The number of rotatable bonds is 4. The minimum atomic E-state index is -0.0112. The first-order valence-electron chi connectivity index (χ1n) is 6.33. The Morgan fingerprint density at radius 2 is 2.00 bits per heavy atom. The zero-order valence-electron chi connectivity index (χ0n) is 11.6. The van der Waals surface area contributed by atoms with Crippen LogP contribution in [0.4, 0.5) is 5.69 Å². The highest BCUT2D eigenvalue weighted by Crippen LogP contribution is 2.16. The molecule has 2 rings (SSSR count). The van der Waals surface area contributed by atoms with Crippen LogP contribution in [0.15, 0.2) is 42.7 Å². The smallest absolute Gasteiger partial charge is 0.254 e. The van der Waals surface area contributed by atoms with Gasteiger partial charge in [-0.2, -0.15) is 0 Å². The molecule has 0 fully saturated rings. The molecule has 1 amide bonds. The Morgan fingerprint density at radius 3 is 2.60 bits per heavy atom. The summed E-state index contributed by atoms with van der Waals surface area (Å²) in [5.41, 5.74) is 5.99. The largest absolute Gasteiger partial charge is 0.337 e. The van der Waals surface area contributed by atoms with Gasteiger partial charge in [0.2, 0.25) is 0 Å². The predicted octanol–water partition coefficient (Wildman–Crippen LogP) is 1.95. The summed E-state index contributed by atoms with van der Waals surface area (Å²) in [6, 6.07) is 9.24. The second kappa shape index (κ2) is 6.16. The van der Waals surface area contributed by atoms with Crippen molar-refractivity contribution in [3.05, 3.63) is 59.4 Å². The van der Waals surface area contributed by atoms with E-state index < -0.39 is 0 Å². The lowest BCUT2D eigenvalue weighted by Gasteiger charge is -2.18. The lowest BCUT2D eigenvalue weighted by molar-refractivity contribution is 0.0784. The van der Waals surface area contributed by atoms with E-state index in [9.17, 15) is 4.79 Å². The van der Waals surface area contributed by atoms with E-state index in [-0.39, 0.29) is 5.91 Å². The molecular weight excluding hydrogens is 252 g/mol. The number of anilines is 1. The summed E-state index contributed by atoms with van der Waals surface area (Å²) in [4.78, 5) is 18.1. The number of pyridine rings is 1. The SMILES string of the molecule is Cc1cc(NN)ccc1C(=O)N(C)Cc1ccncc1. The Kier molecular flexibility index (Phi) is 4.32. The molecule has 1 aromatic carbocycles. The number of aromatic nitrogens is 1. The number of nitrogens with one attached hydrogen (secondary N) is 1. The van der Waals surface area contributed by atoms with Crippen LogP contribution in [0.3, 0.4) is 0 Å². The number of amides is 1. The molecule has 0 aliphatic carbocycles. The molecule has 0 saturated heterocycles. The van der Waals surface area contributed by atoms with Crippen LogP contribution in [0.1, 0.15) is 21.5 Å². The van der Waals surface area contributed by atoms with Crippen molar-refractivity contribution in [2.45, 2.75) is 13.5 Å². The third kappa shape index (κ3) is 3.13. The minimum absolute atomic E-state index is 0.0112. The fourth-order valence-corrected chi connectivity index (χ4v) is 2.03. The van der Waals surface area contributed by atoms with Crippen LogP contribution in [0.25, 0.3) is 0 Å². The summed E-state index contributed by atoms with van der Waals surface area (Å²) >= 11 is 0. The van der Waals surface area contributed by atoms with Crippen LogP contribution >= 0.6 is 0 Å². The first-order valence-corrected chi connectivity index (χ1v) is 6.33. The van der Waals surface area contributed by atoms with Crippen LogP contribution in [-0.4, -0.2) is 22.8 Å². The number of benzene rings is 1. The molecule has 2 aromatic rings. The number of hydrazine groups is 1. The standard InChI is InChI=1S/C15H18N4O/c1-11-9-13(18-16)3-4-14(11)15(20)19(2)10-12-5-7-17-8-6-12/h3-9,18H,10,16H2,1-2H3. The Balaban J connectivity index is 2.14. The Bertz CT molecular complexity index is 598. The van der Waals surface area contributed by atoms with E-state index in [1.165, 1.54) is 0 Å². The number of carbonyl (C=O) groups is 1. The third-order valence-electron chi connectivity index (χ3n) is 3.14. The number of hydrogen-bond donors (Lipinski definition) is 2. The van der Waals surface area contributed by atoms with Gasteiger partial charge in [-0.3, -0.25) is 15.6 Å². The summed E-state index contributed by atoms with van der Waals surface area (Å²) < 4.78 is 0. The average Bonchev–Trinajstić information content (AvgIpc) is 2.47. The zero-order valence-corrected chi connectivity index (χ0v) is 11.6. The molecule has 0 unspecified atom stereocenters. The van der Waals surface area contributed by atoms with Gasteiger partial charge in [-0.15, -0.1) is 0 Å². The monoisotopic (exact) mass is 270 g/mol. The van der Waals surface area contributed by atoms with Crippen molar-refractivity contribution < 1.29 is 4.79 Å². The quantitative estimate of drug-likeness (QED) is 0.658. The third-order valence-corrected chi connectivity index (χ3v) is 3.14. The number of nitrogens with zero attached hydrogens (tertiary/aromatic N) is 2. The molecule has 1 aromatic heterocycles. The van der Waals surface area contributed by atoms with Gasteiger partial charge < -0.3 is 10.3 Å². The average molecular weight is 270 g/mol. The van der Waals surface area contributed by atoms with Crippen molar-refractivity contribution in [1.29, 1.82) is 0 Å². The number of hydrogen-bond acceptors (Lipinski definition) is 4. The normalized spacial score (nSPS) is 10.2. The van der Waals surface area contributed by atoms with Gasteiger partial charge in [0.25, 0.3) is 5.91 Å². The zero-order chi connectivity index (χ0) is 14.5. The maximum absolute atomic E-state index is 12.4. The molecule has 0 aliphatic rings. The molecule has 0 saturated carbocycles. The summed E-state index contributed by atoms with van der Waals surface area (Å²) in [5.74, 6) is 5.34. The van der Waals surface area contributed by atoms with Gasteiger partial charge >= 0.3 is 0 Å². The minimum Gasteiger partial charge on any atom is -0.337 e. The molecule has 0 aliphatic heterocycles. The van der Waals surface area contributed by atoms with Gasteiger partial charge in [0.05, 0.1) is 0 Å². The van der Waals surface area contributed by atoms with Crippen LogP contribution in [-0.2, 0) is 6.54 Å². The van der Waals surface area contributed by atoms with Crippen LogP contribution in [0, 0.1) is 6.92 Å². The van der Waals surface area contributed by atoms with E-state index in [0.29, 0.717) is 12.1 Å². The molecule has 20 heavy (non-hydrogen) atoms. The molecule has 1 heterocycles. The second-order valence-corrected chi connectivity index (χ2v) is 4.69. The van der Waals surface area contributed by atoms with Crippen molar-refractivity contribution in [1.82, 2.24) is 9.88 Å². The van der Waals surface area contributed by atoms with E-state index >= 15 is 0 Å². The highest BCUT2D eigenvalue weighted by molar-refractivity contribution is 5.95. The van der Waals surface area contributed by atoms with E-state index in [4.69, 9.17) is 5.84 Å². The fraction of sp³-hybridized carbons (Fsp3) is 0.200. The number of carbonyl (C=O) groups excluding carboxylic acids is 1. The summed E-state index contributed by atoms with van der Waals surface area (Å²) in [6.45, 7) is 2.45. The van der Waals surface area contributed by atoms with E-state index in [1.54, 1.807) is 36.5 Å². The summed E-state index contributed by atoms with van der Waals surface area (Å²) in [5, 5.41) is 0. The highest BCUT2D eigenvalue weighted by atomic mass is 16.2. The van der Waals surface area contributed by atoms with E-state index in [1.807, 2.05) is 25.1 Å². The van der Waals surface area contributed by atoms with Crippen molar-refractivity contribution in [3.8, 4) is 0 Å². The number of aryl methyl sites for hydroxylation is 1. The highest BCUT2D eigenvalue weighted by Gasteiger charge is 2.14.